The van der Waals surface area contributed by atoms with E-state index in [1.54, 1.807) is 6.07 Å². The summed E-state index contributed by atoms with van der Waals surface area (Å²) in [7, 11) is 1.41. The SMILES string of the molecule is CCC(c1ccccc1)c1ccc(F)cc1C#N.Cn1cnc(C(=O)Nc2cnoc2)c(O)c1=O. The molecule has 0 saturated carbocycles. The van der Waals surface area contributed by atoms with Crippen molar-refractivity contribution in [1.82, 2.24) is 14.7 Å². The maximum absolute atomic E-state index is 13.2. The molecule has 0 fully saturated rings. The summed E-state index contributed by atoms with van der Waals surface area (Å²) in [6.07, 6.45) is 4.50. The topological polar surface area (TPSA) is 134 Å². The van der Waals surface area contributed by atoms with Crippen molar-refractivity contribution in [2.24, 2.45) is 7.05 Å². The van der Waals surface area contributed by atoms with Gasteiger partial charge in [-0.25, -0.2) is 9.37 Å². The summed E-state index contributed by atoms with van der Waals surface area (Å²) < 4.78 is 18.7. The van der Waals surface area contributed by atoms with Gasteiger partial charge in [-0.05, 0) is 29.7 Å². The van der Waals surface area contributed by atoms with Crippen molar-refractivity contribution in [3.8, 4) is 11.8 Å². The molecule has 0 radical (unpaired) electrons. The lowest BCUT2D eigenvalue weighted by Gasteiger charge is -2.17. The molecule has 9 nitrogen and oxygen atoms in total. The second kappa shape index (κ2) is 11.4. The van der Waals surface area contributed by atoms with Crippen LogP contribution in [0.15, 0.2) is 76.6 Å². The van der Waals surface area contributed by atoms with E-state index in [0.717, 1.165) is 28.4 Å². The van der Waals surface area contributed by atoms with Gasteiger partial charge in [-0.2, -0.15) is 5.26 Å². The summed E-state index contributed by atoms with van der Waals surface area (Å²) in [5.41, 5.74) is 1.73. The zero-order chi connectivity index (χ0) is 25.4. The number of carbonyl (C=O) groups excluding carboxylic acids is 1. The van der Waals surface area contributed by atoms with Crippen molar-refractivity contribution >= 4 is 11.6 Å². The lowest BCUT2D eigenvalue weighted by Crippen LogP contribution is -2.22. The first-order valence-corrected chi connectivity index (χ1v) is 10.6. The van der Waals surface area contributed by atoms with Crippen LogP contribution in [0, 0.1) is 17.1 Å². The minimum atomic E-state index is -0.719. The molecule has 0 saturated heterocycles. The Morgan fingerprint density at radius 3 is 2.66 bits per heavy atom. The third-order valence-electron chi connectivity index (χ3n) is 5.13. The van der Waals surface area contributed by atoms with Gasteiger partial charge in [0, 0.05) is 13.0 Å². The second-order valence-corrected chi connectivity index (χ2v) is 7.44. The molecule has 178 valence electrons. The molecule has 1 atom stereocenters. The van der Waals surface area contributed by atoms with E-state index >= 15 is 0 Å². The van der Waals surface area contributed by atoms with Crippen molar-refractivity contribution < 1.29 is 18.8 Å². The summed E-state index contributed by atoms with van der Waals surface area (Å²) in [6, 6.07) is 16.5. The maximum atomic E-state index is 13.2. The fraction of sp³-hybridized carbons (Fsp3) is 0.160. The largest absolute Gasteiger partial charge is 0.501 e. The third kappa shape index (κ3) is 5.97. The van der Waals surface area contributed by atoms with Gasteiger partial charge in [-0.3, -0.25) is 14.2 Å². The number of aryl methyl sites for hydroxylation is 1. The van der Waals surface area contributed by atoms with Crippen LogP contribution in [0.3, 0.4) is 0 Å². The smallest absolute Gasteiger partial charge is 0.296 e. The molecule has 2 N–H and O–H groups in total. The van der Waals surface area contributed by atoms with Crippen LogP contribution >= 0.6 is 0 Å². The highest BCUT2D eigenvalue weighted by molar-refractivity contribution is 6.04. The highest BCUT2D eigenvalue weighted by atomic mass is 19.1. The number of nitrogens with zero attached hydrogens (tertiary/aromatic N) is 4. The van der Waals surface area contributed by atoms with Crippen LogP contribution in [0.5, 0.6) is 5.75 Å². The van der Waals surface area contributed by atoms with Gasteiger partial charge in [-0.15, -0.1) is 0 Å². The fourth-order valence-electron chi connectivity index (χ4n) is 3.40. The number of rotatable bonds is 5. The maximum Gasteiger partial charge on any atom is 0.296 e. The van der Waals surface area contributed by atoms with Crippen LogP contribution in [-0.2, 0) is 7.05 Å². The van der Waals surface area contributed by atoms with Crippen LogP contribution in [0.1, 0.15) is 46.4 Å². The summed E-state index contributed by atoms with van der Waals surface area (Å²) in [6.45, 7) is 2.07. The first-order chi connectivity index (χ1) is 16.8. The van der Waals surface area contributed by atoms with Crippen LogP contribution in [0.4, 0.5) is 10.1 Å². The summed E-state index contributed by atoms with van der Waals surface area (Å²) in [5.74, 6) is -1.65. The number of anilines is 1. The number of carbonyl (C=O) groups is 1. The number of hydrogen-bond donors (Lipinski definition) is 2. The van der Waals surface area contributed by atoms with E-state index in [2.05, 4.69) is 33.0 Å². The van der Waals surface area contributed by atoms with E-state index in [1.807, 2.05) is 30.3 Å². The van der Waals surface area contributed by atoms with Gasteiger partial charge >= 0.3 is 0 Å². The first-order valence-electron chi connectivity index (χ1n) is 10.6. The average molecular weight is 475 g/mol. The van der Waals surface area contributed by atoms with Gasteiger partial charge in [0.05, 0.1) is 24.2 Å². The Labute approximate surface area is 200 Å². The second-order valence-electron chi connectivity index (χ2n) is 7.44. The van der Waals surface area contributed by atoms with Crippen molar-refractivity contribution in [3.05, 3.63) is 106 Å². The predicted octanol–water partition coefficient (Wildman–Crippen LogP) is 3.97. The lowest BCUT2D eigenvalue weighted by molar-refractivity contribution is 0.101. The van der Waals surface area contributed by atoms with E-state index < -0.39 is 17.2 Å². The van der Waals surface area contributed by atoms with Gasteiger partial charge in [-0.1, -0.05) is 48.5 Å². The highest BCUT2D eigenvalue weighted by Gasteiger charge is 2.18. The molecular weight excluding hydrogens is 453 g/mol. The van der Waals surface area contributed by atoms with Crippen molar-refractivity contribution in [2.45, 2.75) is 19.3 Å². The number of hydrogen-bond acceptors (Lipinski definition) is 7. The third-order valence-corrected chi connectivity index (χ3v) is 5.13. The van der Waals surface area contributed by atoms with Gasteiger partial charge in [0.1, 0.15) is 17.8 Å². The minimum Gasteiger partial charge on any atom is -0.501 e. The number of aromatic hydroxyl groups is 1. The van der Waals surface area contributed by atoms with E-state index in [-0.39, 0.29) is 17.4 Å². The Balaban J connectivity index is 0.000000196. The van der Waals surface area contributed by atoms with Gasteiger partial charge in [0.25, 0.3) is 11.5 Å². The van der Waals surface area contributed by atoms with Gasteiger partial charge in [0.15, 0.2) is 5.69 Å². The van der Waals surface area contributed by atoms with E-state index in [4.69, 9.17) is 5.26 Å². The Bertz CT molecular complexity index is 1400. The minimum absolute atomic E-state index is 0.140. The van der Waals surface area contributed by atoms with Crippen molar-refractivity contribution in [2.75, 3.05) is 5.32 Å². The summed E-state index contributed by atoms with van der Waals surface area (Å²) in [4.78, 5) is 26.7. The molecule has 35 heavy (non-hydrogen) atoms. The van der Waals surface area contributed by atoms with Crippen LogP contribution in [0.2, 0.25) is 0 Å². The fourth-order valence-corrected chi connectivity index (χ4v) is 3.40. The molecule has 10 heteroatoms. The molecule has 0 spiro atoms. The molecule has 2 heterocycles. The molecule has 1 unspecified atom stereocenters. The summed E-state index contributed by atoms with van der Waals surface area (Å²) in [5, 5.41) is 24.3. The van der Waals surface area contributed by atoms with Crippen LogP contribution < -0.4 is 10.9 Å². The molecule has 4 rings (SSSR count). The Hall–Kier alpha value is -4.78. The molecular formula is C25H22FN5O4. The first kappa shape index (κ1) is 24.9. The Kier molecular flexibility index (Phi) is 8.08. The molecule has 2 aromatic carbocycles. The number of nitrogens with one attached hydrogen (secondary N) is 1. The van der Waals surface area contributed by atoms with Crippen LogP contribution in [-0.4, -0.2) is 25.7 Å². The Morgan fingerprint density at radius 1 is 1.29 bits per heavy atom. The predicted molar refractivity (Wildman–Crippen MR) is 125 cm³/mol. The lowest BCUT2D eigenvalue weighted by atomic mass is 9.86. The number of halogens is 1. The van der Waals surface area contributed by atoms with Crippen molar-refractivity contribution in [1.29, 1.82) is 5.26 Å². The zero-order valence-electron chi connectivity index (χ0n) is 19.0. The number of benzene rings is 2. The number of aromatic nitrogens is 3. The molecule has 0 aliphatic carbocycles. The molecule has 4 aromatic rings. The molecule has 0 bridgehead atoms. The Morgan fingerprint density at radius 2 is 2.03 bits per heavy atom. The highest BCUT2D eigenvalue weighted by Crippen LogP contribution is 2.30. The molecule has 2 aromatic heterocycles. The van der Waals surface area contributed by atoms with E-state index in [0.29, 0.717) is 11.3 Å². The average Bonchev–Trinajstić information content (AvgIpc) is 3.38. The quantitative estimate of drug-likeness (QED) is 0.446. The van der Waals surface area contributed by atoms with E-state index in [1.165, 1.54) is 31.6 Å². The molecule has 0 aliphatic heterocycles. The van der Waals surface area contributed by atoms with Crippen molar-refractivity contribution in [3.63, 3.8) is 0 Å². The normalized spacial score (nSPS) is 11.0. The monoisotopic (exact) mass is 475 g/mol. The van der Waals surface area contributed by atoms with Gasteiger partial charge in [0.2, 0.25) is 5.75 Å². The number of nitriles is 1. The van der Waals surface area contributed by atoms with E-state index in [9.17, 15) is 19.1 Å². The zero-order valence-corrected chi connectivity index (χ0v) is 19.0. The standard InChI is InChI=1S/C16H14FN.C9H8N4O4/c1-2-15(12-6-4-3-5-7-12)16-9-8-14(17)10-13(16)11-18;1-13-4-10-6(7(14)9(13)16)8(15)12-5-2-11-17-3-5/h3-10,15H,2H2,1H3;2-4,14H,1H3,(H,12,15). The van der Waals surface area contributed by atoms with Gasteiger partial charge < -0.3 is 14.9 Å². The number of amides is 1. The molecule has 0 aliphatic rings. The molecule has 1 amide bonds. The van der Waals surface area contributed by atoms with Crippen LogP contribution in [0.25, 0.3) is 0 Å². The summed E-state index contributed by atoms with van der Waals surface area (Å²) >= 11 is 0.